The highest BCUT2D eigenvalue weighted by Crippen LogP contribution is 2.35. The number of thioether (sulfide) groups is 1. The number of nitrogens with zero attached hydrogens (tertiary/aromatic N) is 1. The number of hydrogen-bond donors (Lipinski definition) is 1. The van der Waals surface area contributed by atoms with Crippen LogP contribution in [0, 0.1) is 0 Å². The van der Waals surface area contributed by atoms with Crippen LogP contribution < -0.4 is 5.32 Å². The maximum atomic E-state index is 12.8. The van der Waals surface area contributed by atoms with Gasteiger partial charge in [0, 0.05) is 6.54 Å². The molecule has 0 saturated carbocycles. The molecule has 2 heterocycles. The third-order valence-corrected chi connectivity index (χ3v) is 4.29. The minimum Gasteiger partial charge on any atom is -0.353 e. The number of hydrogen-bond acceptors (Lipinski definition) is 3. The summed E-state index contributed by atoms with van der Waals surface area (Å²) in [5.74, 6) is 0.570. The van der Waals surface area contributed by atoms with E-state index in [0.29, 0.717) is 0 Å². The summed E-state index contributed by atoms with van der Waals surface area (Å²) < 4.78 is 38.3. The van der Waals surface area contributed by atoms with Crippen LogP contribution in [0.2, 0.25) is 0 Å². The van der Waals surface area contributed by atoms with Gasteiger partial charge in [-0.25, -0.2) is 0 Å². The Morgan fingerprint density at radius 3 is 2.75 bits per heavy atom. The van der Waals surface area contributed by atoms with Gasteiger partial charge in [0.2, 0.25) is 5.91 Å². The Kier molecular flexibility index (Phi) is 3.34. The highest BCUT2D eigenvalue weighted by molar-refractivity contribution is 8.00. The normalized spacial score (nSPS) is 32.8. The molecule has 2 aliphatic heterocycles. The monoisotopic (exact) mass is 254 g/mol. The van der Waals surface area contributed by atoms with Crippen molar-refractivity contribution >= 4 is 17.7 Å². The van der Waals surface area contributed by atoms with Crippen molar-refractivity contribution in [1.29, 1.82) is 0 Å². The van der Waals surface area contributed by atoms with Gasteiger partial charge in [0.05, 0.1) is 11.9 Å². The molecule has 0 aromatic heterocycles. The van der Waals surface area contributed by atoms with E-state index >= 15 is 0 Å². The fourth-order valence-electron chi connectivity index (χ4n) is 2.09. The van der Waals surface area contributed by atoms with Gasteiger partial charge in [-0.15, -0.1) is 11.8 Å². The van der Waals surface area contributed by atoms with Crippen LogP contribution in [-0.2, 0) is 4.79 Å². The fraction of sp³-hybridized carbons (Fsp3) is 0.889. The molecule has 16 heavy (non-hydrogen) atoms. The van der Waals surface area contributed by atoms with Gasteiger partial charge < -0.3 is 5.32 Å². The van der Waals surface area contributed by atoms with E-state index in [1.165, 1.54) is 16.7 Å². The summed E-state index contributed by atoms with van der Waals surface area (Å²) in [5.41, 5.74) is 0. The largest absolute Gasteiger partial charge is 0.405 e. The van der Waals surface area contributed by atoms with Crippen molar-refractivity contribution in [1.82, 2.24) is 10.2 Å². The molecule has 0 aromatic rings. The first kappa shape index (κ1) is 12.0. The molecular weight excluding hydrogens is 241 g/mol. The van der Waals surface area contributed by atoms with Gasteiger partial charge in [-0.05, 0) is 18.6 Å². The minimum atomic E-state index is -4.27. The van der Waals surface area contributed by atoms with Gasteiger partial charge in [-0.1, -0.05) is 0 Å². The van der Waals surface area contributed by atoms with Crippen LogP contribution in [0.5, 0.6) is 0 Å². The molecule has 2 rings (SSSR count). The maximum absolute atomic E-state index is 12.8. The van der Waals surface area contributed by atoms with Crippen LogP contribution in [0.3, 0.4) is 0 Å². The molecule has 2 atom stereocenters. The molecule has 1 N–H and O–H groups in total. The van der Waals surface area contributed by atoms with Gasteiger partial charge in [-0.2, -0.15) is 13.2 Å². The van der Waals surface area contributed by atoms with E-state index in [1.54, 1.807) is 0 Å². The smallest absolute Gasteiger partial charge is 0.353 e. The van der Waals surface area contributed by atoms with Gasteiger partial charge in [0.15, 0.2) is 0 Å². The molecular formula is C9H13F3N2OS. The quantitative estimate of drug-likeness (QED) is 0.763. The molecule has 0 aliphatic carbocycles. The van der Waals surface area contributed by atoms with Crippen molar-refractivity contribution in [2.45, 2.75) is 30.4 Å². The highest BCUT2D eigenvalue weighted by atomic mass is 32.2. The molecule has 2 saturated heterocycles. The lowest BCUT2D eigenvalue weighted by molar-refractivity contribution is -0.190. The van der Waals surface area contributed by atoms with Crippen LogP contribution in [0.15, 0.2) is 0 Å². The number of piperazine rings is 1. The average Bonchev–Trinajstić information content (AvgIpc) is 2.68. The van der Waals surface area contributed by atoms with Crippen LogP contribution in [0.1, 0.15) is 12.8 Å². The standard InChI is InChI=1S/C9H13F3N2OS/c10-9(11,12)6-4-13-7(15)5-14(6)8-2-1-3-16-8/h6,8H,1-5H2,(H,13,15). The molecule has 2 fully saturated rings. The lowest BCUT2D eigenvalue weighted by Gasteiger charge is -2.39. The van der Waals surface area contributed by atoms with E-state index in [9.17, 15) is 18.0 Å². The molecule has 0 aromatic carbocycles. The zero-order chi connectivity index (χ0) is 11.8. The van der Waals surface area contributed by atoms with Crippen LogP contribution in [-0.4, -0.2) is 47.2 Å². The van der Waals surface area contributed by atoms with Crippen LogP contribution in [0.4, 0.5) is 13.2 Å². The molecule has 2 unspecified atom stereocenters. The van der Waals surface area contributed by atoms with Crippen molar-refractivity contribution in [3.63, 3.8) is 0 Å². The molecule has 2 aliphatic rings. The topological polar surface area (TPSA) is 32.3 Å². The van der Waals surface area contributed by atoms with E-state index in [2.05, 4.69) is 5.32 Å². The SMILES string of the molecule is O=C1CN(C2CCCS2)C(C(F)(F)F)CN1. The summed E-state index contributed by atoms with van der Waals surface area (Å²) in [6, 6.07) is -1.53. The molecule has 0 radical (unpaired) electrons. The number of carbonyl (C=O) groups excluding carboxylic acids is 1. The first-order valence-corrected chi connectivity index (χ1v) is 6.24. The summed E-state index contributed by atoms with van der Waals surface area (Å²) in [6.45, 7) is -0.457. The lowest BCUT2D eigenvalue weighted by Crippen LogP contribution is -2.61. The Morgan fingerprint density at radius 2 is 2.19 bits per heavy atom. The first-order chi connectivity index (χ1) is 7.48. The second kappa shape index (κ2) is 4.44. The van der Waals surface area contributed by atoms with E-state index < -0.39 is 12.2 Å². The van der Waals surface area contributed by atoms with E-state index in [1.807, 2.05) is 0 Å². The number of halogens is 3. The van der Waals surface area contributed by atoms with Gasteiger partial charge in [0.1, 0.15) is 6.04 Å². The number of amides is 1. The summed E-state index contributed by atoms with van der Waals surface area (Å²) in [7, 11) is 0. The second-order valence-electron chi connectivity index (χ2n) is 4.00. The number of alkyl halides is 3. The Balaban J connectivity index is 2.11. The van der Waals surface area contributed by atoms with Crippen LogP contribution in [0.25, 0.3) is 0 Å². The Bertz CT molecular complexity index is 278. The van der Waals surface area contributed by atoms with Crippen molar-refractivity contribution in [3.8, 4) is 0 Å². The van der Waals surface area contributed by atoms with Crippen molar-refractivity contribution in [2.75, 3.05) is 18.8 Å². The highest BCUT2D eigenvalue weighted by Gasteiger charge is 2.48. The third-order valence-electron chi connectivity index (χ3n) is 2.87. The Hall–Kier alpha value is -0.430. The number of carbonyl (C=O) groups is 1. The minimum absolute atomic E-state index is 0.137. The Labute approximate surface area is 95.7 Å². The van der Waals surface area contributed by atoms with E-state index in [4.69, 9.17) is 0 Å². The molecule has 3 nitrogen and oxygen atoms in total. The van der Waals surface area contributed by atoms with Gasteiger partial charge in [-0.3, -0.25) is 9.69 Å². The Morgan fingerprint density at radius 1 is 1.44 bits per heavy atom. The zero-order valence-electron chi connectivity index (χ0n) is 8.59. The predicted molar refractivity (Wildman–Crippen MR) is 55.0 cm³/mol. The summed E-state index contributed by atoms with van der Waals surface area (Å²) in [5, 5.41) is 2.13. The summed E-state index contributed by atoms with van der Waals surface area (Å²) >= 11 is 1.52. The van der Waals surface area contributed by atoms with Gasteiger partial charge >= 0.3 is 6.18 Å². The number of rotatable bonds is 1. The van der Waals surface area contributed by atoms with Gasteiger partial charge in [0.25, 0.3) is 0 Å². The van der Waals surface area contributed by atoms with E-state index in [-0.39, 0.29) is 24.4 Å². The first-order valence-electron chi connectivity index (χ1n) is 5.19. The predicted octanol–water partition coefficient (Wildman–Crippen LogP) is 1.20. The summed E-state index contributed by atoms with van der Waals surface area (Å²) in [6.07, 6.45) is -2.60. The molecule has 0 spiro atoms. The maximum Gasteiger partial charge on any atom is 0.405 e. The average molecular weight is 254 g/mol. The molecule has 92 valence electrons. The third kappa shape index (κ3) is 2.45. The van der Waals surface area contributed by atoms with Crippen LogP contribution >= 0.6 is 11.8 Å². The van der Waals surface area contributed by atoms with Crippen molar-refractivity contribution < 1.29 is 18.0 Å². The second-order valence-corrected chi connectivity index (χ2v) is 5.29. The lowest BCUT2D eigenvalue weighted by atomic mass is 10.1. The van der Waals surface area contributed by atoms with E-state index in [0.717, 1.165) is 18.6 Å². The summed E-state index contributed by atoms with van der Waals surface area (Å²) in [4.78, 5) is 12.5. The van der Waals surface area contributed by atoms with Crippen molar-refractivity contribution in [2.24, 2.45) is 0 Å². The molecule has 7 heteroatoms. The number of nitrogens with one attached hydrogen (secondary N) is 1. The van der Waals surface area contributed by atoms with Crippen molar-refractivity contribution in [3.05, 3.63) is 0 Å². The molecule has 1 amide bonds. The molecule has 0 bridgehead atoms. The zero-order valence-corrected chi connectivity index (χ0v) is 9.40. The fourth-order valence-corrected chi connectivity index (χ4v) is 3.44.